The number of hydrogen-bond donors (Lipinski definition) is 0. The first-order valence-electron chi connectivity index (χ1n) is 12.6. The summed E-state index contributed by atoms with van der Waals surface area (Å²) < 4.78 is 16.9. The largest absolute Gasteiger partial charge is 0.307 e. The normalized spacial score (nSPS) is 23.5. The minimum Gasteiger partial charge on any atom is -0.307 e. The van der Waals surface area contributed by atoms with Crippen molar-refractivity contribution < 1.29 is 9.18 Å². The van der Waals surface area contributed by atoms with Crippen LogP contribution in [0.15, 0.2) is 54.9 Å². The summed E-state index contributed by atoms with van der Waals surface area (Å²) in [6.45, 7) is 4.16. The molecule has 2 saturated heterocycles. The van der Waals surface area contributed by atoms with Gasteiger partial charge in [0.15, 0.2) is 0 Å². The maximum absolute atomic E-state index is 15.2. The van der Waals surface area contributed by atoms with Gasteiger partial charge < -0.3 is 9.80 Å². The van der Waals surface area contributed by atoms with Gasteiger partial charge in [-0.3, -0.25) is 14.4 Å². The number of anilines is 1. The molecule has 7 heteroatoms. The molecule has 35 heavy (non-hydrogen) atoms. The van der Waals surface area contributed by atoms with E-state index in [2.05, 4.69) is 28.0 Å². The van der Waals surface area contributed by atoms with Crippen LogP contribution in [0.1, 0.15) is 30.4 Å². The molecule has 0 radical (unpaired) electrons. The van der Waals surface area contributed by atoms with E-state index in [0.29, 0.717) is 11.6 Å². The summed E-state index contributed by atoms with van der Waals surface area (Å²) in [5.74, 6) is -0.179. The molecular formula is C28H32FN5O. The van der Waals surface area contributed by atoms with Crippen LogP contribution in [0.25, 0.3) is 11.1 Å². The van der Waals surface area contributed by atoms with E-state index in [1.54, 1.807) is 23.0 Å². The maximum atomic E-state index is 15.2. The molecule has 3 aromatic rings. The number of amides is 1. The summed E-state index contributed by atoms with van der Waals surface area (Å²) in [5, 5.41) is 4.18. The van der Waals surface area contributed by atoms with Gasteiger partial charge >= 0.3 is 0 Å². The third-order valence-corrected chi connectivity index (χ3v) is 8.29. The smallest absolute Gasteiger partial charge is 0.239 e. The molecule has 6 nitrogen and oxygen atoms in total. The second-order valence-corrected chi connectivity index (χ2v) is 10.5. The Morgan fingerprint density at radius 2 is 1.86 bits per heavy atom. The first-order chi connectivity index (χ1) is 16.9. The van der Waals surface area contributed by atoms with Gasteiger partial charge in [0.1, 0.15) is 5.82 Å². The van der Waals surface area contributed by atoms with Crippen molar-refractivity contribution in [3.63, 3.8) is 0 Å². The molecule has 0 aliphatic carbocycles. The van der Waals surface area contributed by atoms with E-state index >= 15 is 4.39 Å². The average molecular weight is 474 g/mol. The lowest BCUT2D eigenvalue weighted by Gasteiger charge is -2.35. The standard InChI is InChI=1S/C28H32FN5O/c1-31-12-9-23(10-13-31)33-14-11-28(19-33)24-5-3-4-6-26(24)34(27(28)35)18-21-8-7-20(15-25(21)29)22-16-30-32(2)17-22/h3-8,15-17,23H,9-14,18-19H2,1-2H3. The SMILES string of the molecule is CN1CCC(N2CCC3(C2)C(=O)N(Cc2ccc(-c4cnn(C)c4)cc2F)c2ccccc23)CC1. The van der Waals surface area contributed by atoms with Crippen LogP contribution in [0, 0.1) is 5.82 Å². The second-order valence-electron chi connectivity index (χ2n) is 10.5. The molecule has 6 rings (SSSR count). The Morgan fingerprint density at radius 3 is 2.60 bits per heavy atom. The predicted molar refractivity (Wildman–Crippen MR) is 135 cm³/mol. The molecule has 4 heterocycles. The Kier molecular flexibility index (Phi) is 5.49. The van der Waals surface area contributed by atoms with Crippen molar-refractivity contribution in [3.05, 3.63) is 71.8 Å². The minimum atomic E-state index is -0.522. The van der Waals surface area contributed by atoms with Crippen LogP contribution in [-0.4, -0.2) is 64.8 Å². The van der Waals surface area contributed by atoms with E-state index in [9.17, 15) is 4.79 Å². The fraction of sp³-hybridized carbons (Fsp3) is 0.429. The molecule has 182 valence electrons. The highest BCUT2D eigenvalue weighted by Crippen LogP contribution is 2.48. The van der Waals surface area contributed by atoms with E-state index in [-0.39, 0.29) is 18.3 Å². The van der Waals surface area contributed by atoms with Crippen LogP contribution in [0.5, 0.6) is 0 Å². The van der Waals surface area contributed by atoms with Crippen LogP contribution < -0.4 is 4.90 Å². The number of piperidine rings is 1. The Hall–Kier alpha value is -3.03. The Labute approximate surface area is 205 Å². The van der Waals surface area contributed by atoms with Crippen LogP contribution >= 0.6 is 0 Å². The summed E-state index contributed by atoms with van der Waals surface area (Å²) in [6, 6.07) is 13.9. The number of para-hydroxylation sites is 1. The van der Waals surface area contributed by atoms with Gasteiger partial charge in [0.05, 0.1) is 18.2 Å². The molecule has 0 saturated carbocycles. The molecule has 2 aromatic carbocycles. The average Bonchev–Trinajstić information content (AvgIpc) is 3.56. The third-order valence-electron chi connectivity index (χ3n) is 8.29. The summed E-state index contributed by atoms with van der Waals surface area (Å²) in [6.07, 6.45) is 6.73. The molecule has 1 amide bonds. The maximum Gasteiger partial charge on any atom is 0.239 e. The number of nitrogens with zero attached hydrogens (tertiary/aromatic N) is 5. The summed E-state index contributed by atoms with van der Waals surface area (Å²) in [5.41, 5.74) is 3.70. The zero-order chi connectivity index (χ0) is 24.2. The van der Waals surface area contributed by atoms with Crippen molar-refractivity contribution in [2.45, 2.75) is 37.3 Å². The molecule has 1 atom stereocenters. The molecule has 3 aliphatic heterocycles. The topological polar surface area (TPSA) is 44.6 Å². The van der Waals surface area contributed by atoms with Gasteiger partial charge in [0, 0.05) is 42.6 Å². The Bertz CT molecular complexity index is 1260. The van der Waals surface area contributed by atoms with Crippen LogP contribution in [-0.2, 0) is 23.8 Å². The number of hydrogen-bond acceptors (Lipinski definition) is 4. The predicted octanol–water partition coefficient (Wildman–Crippen LogP) is 3.81. The zero-order valence-corrected chi connectivity index (χ0v) is 20.5. The van der Waals surface area contributed by atoms with Gasteiger partial charge in [-0.05, 0) is 69.2 Å². The van der Waals surface area contributed by atoms with Gasteiger partial charge in [-0.2, -0.15) is 5.10 Å². The van der Waals surface area contributed by atoms with E-state index in [0.717, 1.165) is 67.8 Å². The number of rotatable bonds is 4. The van der Waals surface area contributed by atoms with Gasteiger partial charge in [-0.1, -0.05) is 30.3 Å². The molecular weight excluding hydrogens is 441 g/mol. The molecule has 1 spiro atoms. The number of likely N-dealkylation sites (tertiary alicyclic amines) is 2. The number of halogens is 1. The molecule has 1 unspecified atom stereocenters. The Morgan fingerprint density at radius 1 is 1.06 bits per heavy atom. The number of carbonyl (C=O) groups is 1. The summed E-state index contributed by atoms with van der Waals surface area (Å²) in [7, 11) is 4.02. The lowest BCUT2D eigenvalue weighted by molar-refractivity contribution is -0.123. The van der Waals surface area contributed by atoms with Gasteiger partial charge in [-0.25, -0.2) is 4.39 Å². The summed E-state index contributed by atoms with van der Waals surface area (Å²) in [4.78, 5) is 20.8. The van der Waals surface area contributed by atoms with Gasteiger partial charge in [0.2, 0.25) is 5.91 Å². The summed E-state index contributed by atoms with van der Waals surface area (Å²) >= 11 is 0. The number of fused-ring (bicyclic) bond motifs is 2. The number of carbonyl (C=O) groups excluding carboxylic acids is 1. The van der Waals surface area contributed by atoms with Gasteiger partial charge in [0.25, 0.3) is 0 Å². The second kappa shape index (κ2) is 8.57. The fourth-order valence-electron chi connectivity index (χ4n) is 6.25. The van der Waals surface area contributed by atoms with Gasteiger partial charge in [-0.15, -0.1) is 0 Å². The lowest BCUT2D eigenvalue weighted by atomic mass is 9.81. The molecule has 2 fully saturated rings. The first kappa shape index (κ1) is 22.4. The number of aromatic nitrogens is 2. The minimum absolute atomic E-state index is 0.116. The first-order valence-corrected chi connectivity index (χ1v) is 12.6. The molecule has 0 bridgehead atoms. The van der Waals surface area contributed by atoms with Crippen LogP contribution in [0.3, 0.4) is 0 Å². The quantitative estimate of drug-likeness (QED) is 0.578. The lowest BCUT2D eigenvalue weighted by Crippen LogP contribution is -2.46. The molecule has 1 aromatic heterocycles. The van der Waals surface area contributed by atoms with E-state index in [4.69, 9.17) is 0 Å². The third kappa shape index (κ3) is 3.78. The number of aryl methyl sites for hydroxylation is 1. The van der Waals surface area contributed by atoms with Crippen molar-refractivity contribution in [2.75, 3.05) is 38.1 Å². The zero-order valence-electron chi connectivity index (χ0n) is 20.5. The monoisotopic (exact) mass is 473 g/mol. The molecule has 3 aliphatic rings. The van der Waals surface area contributed by atoms with Crippen molar-refractivity contribution >= 4 is 11.6 Å². The van der Waals surface area contributed by atoms with Crippen molar-refractivity contribution in [1.29, 1.82) is 0 Å². The highest BCUT2D eigenvalue weighted by Gasteiger charge is 2.55. The highest BCUT2D eigenvalue weighted by atomic mass is 19.1. The highest BCUT2D eigenvalue weighted by molar-refractivity contribution is 6.08. The number of benzene rings is 2. The van der Waals surface area contributed by atoms with E-state index in [1.807, 2.05) is 42.4 Å². The van der Waals surface area contributed by atoms with Crippen molar-refractivity contribution in [2.24, 2.45) is 7.05 Å². The Balaban J connectivity index is 1.27. The van der Waals surface area contributed by atoms with Crippen molar-refractivity contribution in [1.82, 2.24) is 19.6 Å². The van der Waals surface area contributed by atoms with Crippen LogP contribution in [0.4, 0.5) is 10.1 Å². The van der Waals surface area contributed by atoms with Crippen molar-refractivity contribution in [3.8, 4) is 11.1 Å². The molecule has 0 N–H and O–H groups in total. The fourth-order valence-corrected chi connectivity index (χ4v) is 6.25. The van der Waals surface area contributed by atoms with E-state index < -0.39 is 5.41 Å². The van der Waals surface area contributed by atoms with E-state index in [1.165, 1.54) is 0 Å². The van der Waals surface area contributed by atoms with Crippen LogP contribution in [0.2, 0.25) is 0 Å².